The number of hydrogen-bond acceptors (Lipinski definition) is 0. The molecule has 0 saturated heterocycles. The summed E-state index contributed by atoms with van der Waals surface area (Å²) < 4.78 is 1.98. The van der Waals surface area contributed by atoms with Crippen molar-refractivity contribution in [2.24, 2.45) is 0 Å². The minimum Gasteiger partial charge on any atom is -0.0831 e. The Labute approximate surface area is 96.6 Å². The van der Waals surface area contributed by atoms with E-state index < -0.39 is 0 Å². The Bertz CT molecular complexity index is 210. The van der Waals surface area contributed by atoms with Gasteiger partial charge in [-0.15, -0.1) is 0 Å². The monoisotopic (exact) mass is 398 g/mol. The number of benzene rings is 1. The Hall–Kier alpha value is 1.26. The van der Waals surface area contributed by atoms with Crippen LogP contribution in [0.15, 0.2) is 12.1 Å². The van der Waals surface area contributed by atoms with E-state index in [0.29, 0.717) is 0 Å². The van der Waals surface area contributed by atoms with Crippen molar-refractivity contribution in [3.63, 3.8) is 0 Å². The van der Waals surface area contributed by atoms with E-state index in [1.807, 2.05) is 12.1 Å². The lowest BCUT2D eigenvalue weighted by atomic mass is 10.4. The molecule has 0 aliphatic rings. The fourth-order valence-corrected chi connectivity index (χ4v) is 2.13. The third-order valence-electron chi connectivity index (χ3n) is 0.963. The van der Waals surface area contributed by atoms with Crippen molar-refractivity contribution < 1.29 is 0 Å². The van der Waals surface area contributed by atoms with Gasteiger partial charge in [0.2, 0.25) is 0 Å². The molecule has 0 unspecified atom stereocenters. The minimum atomic E-state index is 0.759. The van der Waals surface area contributed by atoms with Crippen LogP contribution < -0.4 is 0 Å². The highest BCUT2D eigenvalue weighted by atomic mass is 127. The molecular weight excluding hydrogens is 397 g/mol. The third-order valence-corrected chi connectivity index (χ3v) is 4.01. The van der Waals surface area contributed by atoms with Gasteiger partial charge in [0, 0.05) is 7.14 Å². The van der Waals surface area contributed by atoms with Crippen LogP contribution in [0.5, 0.6) is 0 Å². The van der Waals surface area contributed by atoms with Crippen LogP contribution in [0.3, 0.4) is 0 Å². The van der Waals surface area contributed by atoms with Crippen molar-refractivity contribution in [3.8, 4) is 0 Å². The van der Waals surface area contributed by atoms with Crippen molar-refractivity contribution in [3.05, 3.63) is 29.3 Å². The molecule has 4 heteroatoms. The summed E-state index contributed by atoms with van der Waals surface area (Å²) >= 11 is 15.9. The van der Waals surface area contributed by atoms with Gasteiger partial charge in [0.15, 0.2) is 0 Å². The Morgan fingerprint density at radius 3 is 1.50 bits per heavy atom. The minimum absolute atomic E-state index is 0.759. The van der Waals surface area contributed by atoms with E-state index in [0.717, 1.165) is 17.2 Å². The van der Waals surface area contributed by atoms with E-state index in [-0.39, 0.29) is 0 Å². The molecule has 0 aliphatic heterocycles. The first-order valence-electron chi connectivity index (χ1n) is 2.41. The van der Waals surface area contributed by atoms with Gasteiger partial charge >= 0.3 is 0 Å². The molecular formula is C6H2Cl2I2. The summed E-state index contributed by atoms with van der Waals surface area (Å²) in [6.07, 6.45) is 0. The van der Waals surface area contributed by atoms with Gasteiger partial charge in [-0.2, -0.15) is 0 Å². The van der Waals surface area contributed by atoms with Crippen molar-refractivity contribution in [1.29, 1.82) is 0 Å². The van der Waals surface area contributed by atoms with Crippen LogP contribution >= 0.6 is 68.4 Å². The summed E-state index contributed by atoms with van der Waals surface area (Å²) in [5.41, 5.74) is 0. The zero-order valence-corrected chi connectivity index (χ0v) is 10.5. The standard InChI is InChI=1S/C6H2Cl2I2/c7-3-1-5(9)4(8)2-6(3)10/h1-2H. The second-order valence-corrected chi connectivity index (χ2v) is 4.82. The summed E-state index contributed by atoms with van der Waals surface area (Å²) in [5, 5.41) is 1.52. The van der Waals surface area contributed by atoms with Gasteiger partial charge in [-0.1, -0.05) is 23.2 Å². The molecule has 0 nitrogen and oxygen atoms in total. The van der Waals surface area contributed by atoms with E-state index in [1.165, 1.54) is 0 Å². The molecule has 0 fully saturated rings. The maximum Gasteiger partial charge on any atom is 0.0551 e. The predicted octanol–water partition coefficient (Wildman–Crippen LogP) is 4.20. The molecule has 0 heterocycles. The normalized spacial score (nSPS) is 10.0. The smallest absolute Gasteiger partial charge is 0.0551 e. The Morgan fingerprint density at radius 1 is 0.900 bits per heavy atom. The lowest BCUT2D eigenvalue weighted by molar-refractivity contribution is 1.59. The van der Waals surface area contributed by atoms with E-state index in [1.54, 1.807) is 0 Å². The SMILES string of the molecule is Clc1cc(I)c(Cl)cc1I. The zero-order valence-electron chi connectivity index (χ0n) is 4.67. The average molecular weight is 399 g/mol. The summed E-state index contributed by atoms with van der Waals surface area (Å²) in [6.45, 7) is 0. The third kappa shape index (κ3) is 2.12. The van der Waals surface area contributed by atoms with Crippen LogP contribution in [0.2, 0.25) is 10.0 Å². The number of hydrogen-bond donors (Lipinski definition) is 0. The van der Waals surface area contributed by atoms with Gasteiger partial charge in [-0.05, 0) is 57.3 Å². The van der Waals surface area contributed by atoms with E-state index >= 15 is 0 Å². The first-order chi connectivity index (χ1) is 4.61. The van der Waals surface area contributed by atoms with Crippen molar-refractivity contribution >= 4 is 68.4 Å². The highest BCUT2D eigenvalue weighted by molar-refractivity contribution is 14.1. The fourth-order valence-electron chi connectivity index (χ4n) is 0.498. The van der Waals surface area contributed by atoms with Gasteiger partial charge in [0.1, 0.15) is 0 Å². The second kappa shape index (κ2) is 3.78. The summed E-state index contributed by atoms with van der Waals surface area (Å²) in [7, 11) is 0. The van der Waals surface area contributed by atoms with E-state index in [9.17, 15) is 0 Å². The molecule has 0 bridgehead atoms. The van der Waals surface area contributed by atoms with Gasteiger partial charge in [0.25, 0.3) is 0 Å². The first kappa shape index (κ1) is 9.35. The highest BCUT2D eigenvalue weighted by Crippen LogP contribution is 2.27. The largest absolute Gasteiger partial charge is 0.0831 e. The van der Waals surface area contributed by atoms with Crippen LogP contribution in [-0.4, -0.2) is 0 Å². The van der Waals surface area contributed by atoms with Gasteiger partial charge in [-0.3, -0.25) is 0 Å². The quantitative estimate of drug-likeness (QED) is 0.454. The molecule has 1 aromatic carbocycles. The summed E-state index contributed by atoms with van der Waals surface area (Å²) in [4.78, 5) is 0. The molecule has 0 aliphatic carbocycles. The Kier molecular flexibility index (Phi) is 3.53. The van der Waals surface area contributed by atoms with Crippen molar-refractivity contribution in [1.82, 2.24) is 0 Å². The first-order valence-corrected chi connectivity index (χ1v) is 5.32. The molecule has 54 valence electrons. The predicted molar refractivity (Wildman–Crippen MR) is 61.9 cm³/mol. The zero-order chi connectivity index (χ0) is 7.72. The maximum absolute atomic E-state index is 5.81. The van der Waals surface area contributed by atoms with Crippen LogP contribution in [0, 0.1) is 7.14 Å². The van der Waals surface area contributed by atoms with Gasteiger partial charge < -0.3 is 0 Å². The van der Waals surface area contributed by atoms with Crippen molar-refractivity contribution in [2.45, 2.75) is 0 Å². The summed E-state index contributed by atoms with van der Waals surface area (Å²) in [6, 6.07) is 3.71. The number of rotatable bonds is 0. The maximum atomic E-state index is 5.81. The van der Waals surface area contributed by atoms with Crippen LogP contribution in [0.25, 0.3) is 0 Å². The lowest BCUT2D eigenvalue weighted by Gasteiger charge is -1.98. The molecule has 0 N–H and O–H groups in total. The Morgan fingerprint density at radius 2 is 1.20 bits per heavy atom. The number of halogens is 4. The topological polar surface area (TPSA) is 0 Å². The van der Waals surface area contributed by atoms with Crippen molar-refractivity contribution in [2.75, 3.05) is 0 Å². The molecule has 0 amide bonds. The van der Waals surface area contributed by atoms with Crippen LogP contribution in [-0.2, 0) is 0 Å². The summed E-state index contributed by atoms with van der Waals surface area (Å²) in [5.74, 6) is 0. The molecule has 0 aromatic heterocycles. The Balaban J connectivity index is 3.28. The van der Waals surface area contributed by atoms with Gasteiger partial charge in [-0.25, -0.2) is 0 Å². The molecule has 1 rings (SSSR count). The highest BCUT2D eigenvalue weighted by Gasteiger charge is 2.01. The lowest BCUT2D eigenvalue weighted by Crippen LogP contribution is -1.78. The fraction of sp³-hybridized carbons (Fsp3) is 0. The van der Waals surface area contributed by atoms with Crippen LogP contribution in [0.4, 0.5) is 0 Å². The molecule has 0 radical (unpaired) electrons. The molecule has 0 spiro atoms. The molecule has 0 saturated carbocycles. The second-order valence-electron chi connectivity index (χ2n) is 1.68. The molecule has 1 aromatic rings. The molecule has 10 heavy (non-hydrogen) atoms. The molecule has 0 atom stereocenters. The van der Waals surface area contributed by atoms with Crippen LogP contribution in [0.1, 0.15) is 0 Å². The van der Waals surface area contributed by atoms with E-state index in [4.69, 9.17) is 23.2 Å². The average Bonchev–Trinajstić information content (AvgIpc) is 1.84. The van der Waals surface area contributed by atoms with E-state index in [2.05, 4.69) is 45.2 Å². The van der Waals surface area contributed by atoms with Gasteiger partial charge in [0.05, 0.1) is 10.0 Å².